The number of thiazole rings is 1. The highest BCUT2D eigenvalue weighted by molar-refractivity contribution is 7.14. The van der Waals surface area contributed by atoms with E-state index >= 15 is 0 Å². The van der Waals surface area contributed by atoms with Crippen molar-refractivity contribution < 1.29 is 14.3 Å². The molecule has 2 heterocycles. The highest BCUT2D eigenvalue weighted by Gasteiger charge is 2.25. The van der Waals surface area contributed by atoms with Gasteiger partial charge in [0.2, 0.25) is 0 Å². The summed E-state index contributed by atoms with van der Waals surface area (Å²) in [7, 11) is 0. The van der Waals surface area contributed by atoms with E-state index in [1.54, 1.807) is 29.2 Å². The Labute approximate surface area is 177 Å². The number of carbonyl (C=O) groups excluding carboxylic acids is 2. The molecule has 0 fully saturated rings. The Kier molecular flexibility index (Phi) is 5.51. The summed E-state index contributed by atoms with van der Waals surface area (Å²) >= 11 is 7.20. The average molecular weight is 428 g/mol. The second kappa shape index (κ2) is 8.23. The van der Waals surface area contributed by atoms with Crippen molar-refractivity contribution in [2.45, 2.75) is 13.3 Å². The fourth-order valence-corrected chi connectivity index (χ4v) is 3.91. The van der Waals surface area contributed by atoms with Gasteiger partial charge in [-0.25, -0.2) is 4.98 Å². The summed E-state index contributed by atoms with van der Waals surface area (Å²) in [5, 5.41) is 5.74. The number of nitrogens with zero attached hydrogens (tertiary/aromatic N) is 2. The quantitative estimate of drug-likeness (QED) is 0.631. The predicted octanol–water partition coefficient (Wildman–Crippen LogP) is 4.85. The van der Waals surface area contributed by atoms with Crippen molar-refractivity contribution in [2.75, 3.05) is 23.4 Å². The summed E-state index contributed by atoms with van der Waals surface area (Å²) in [4.78, 5) is 30.8. The van der Waals surface area contributed by atoms with E-state index in [9.17, 15) is 9.59 Å². The molecule has 0 saturated heterocycles. The summed E-state index contributed by atoms with van der Waals surface area (Å²) in [6.45, 7) is 2.73. The maximum atomic E-state index is 12.4. The number of hydrogen-bond donors (Lipinski definition) is 1. The number of anilines is 2. The second-order valence-corrected chi connectivity index (χ2v) is 7.81. The lowest BCUT2D eigenvalue weighted by atomic mass is 10.1. The molecule has 0 aliphatic carbocycles. The molecule has 1 aromatic heterocycles. The predicted molar refractivity (Wildman–Crippen MR) is 115 cm³/mol. The number of benzene rings is 2. The van der Waals surface area contributed by atoms with Gasteiger partial charge in [-0.3, -0.25) is 14.9 Å². The molecule has 1 N–H and O–H groups in total. The molecular formula is C21H18ClN3O3S. The molecule has 2 aromatic carbocycles. The summed E-state index contributed by atoms with van der Waals surface area (Å²) in [5.41, 5.74) is 2.83. The van der Waals surface area contributed by atoms with E-state index in [0.717, 1.165) is 23.4 Å². The third kappa shape index (κ3) is 4.11. The molecule has 0 spiro atoms. The molecular weight excluding hydrogens is 410 g/mol. The van der Waals surface area contributed by atoms with Gasteiger partial charge in [0.1, 0.15) is 5.75 Å². The van der Waals surface area contributed by atoms with Crippen molar-refractivity contribution in [3.8, 4) is 17.0 Å². The zero-order chi connectivity index (χ0) is 20.4. The summed E-state index contributed by atoms with van der Waals surface area (Å²) in [6, 6.07) is 12.3. The van der Waals surface area contributed by atoms with Crippen molar-refractivity contribution in [1.29, 1.82) is 0 Å². The lowest BCUT2D eigenvalue weighted by Crippen LogP contribution is -2.39. The van der Waals surface area contributed by atoms with Crippen LogP contribution in [-0.4, -0.2) is 29.9 Å². The topological polar surface area (TPSA) is 71.5 Å². The van der Waals surface area contributed by atoms with E-state index in [1.807, 2.05) is 30.5 Å². The molecule has 148 valence electrons. The number of rotatable bonds is 5. The summed E-state index contributed by atoms with van der Waals surface area (Å²) < 4.78 is 5.54. The van der Waals surface area contributed by atoms with E-state index in [1.165, 1.54) is 11.3 Å². The van der Waals surface area contributed by atoms with Crippen LogP contribution < -0.4 is 15.0 Å². The minimum absolute atomic E-state index is 0.0503. The highest BCUT2D eigenvalue weighted by atomic mass is 35.5. The molecule has 0 atom stereocenters. The molecule has 6 nitrogen and oxygen atoms in total. The molecule has 0 unspecified atom stereocenters. The van der Waals surface area contributed by atoms with Crippen LogP contribution in [-0.2, 0) is 4.79 Å². The zero-order valence-corrected chi connectivity index (χ0v) is 17.2. The Morgan fingerprint density at radius 3 is 2.83 bits per heavy atom. The first-order chi connectivity index (χ1) is 14.0. The lowest BCUT2D eigenvalue weighted by Gasteiger charge is -2.29. The van der Waals surface area contributed by atoms with Gasteiger partial charge < -0.3 is 9.64 Å². The fourth-order valence-electron chi connectivity index (χ4n) is 3.06. The van der Waals surface area contributed by atoms with Gasteiger partial charge in [-0.1, -0.05) is 18.5 Å². The van der Waals surface area contributed by atoms with Gasteiger partial charge in [0.05, 0.1) is 11.4 Å². The Balaban J connectivity index is 1.56. The zero-order valence-electron chi connectivity index (χ0n) is 15.6. The van der Waals surface area contributed by atoms with Gasteiger partial charge in [-0.2, -0.15) is 0 Å². The van der Waals surface area contributed by atoms with Crippen LogP contribution in [0, 0.1) is 0 Å². The van der Waals surface area contributed by atoms with Gasteiger partial charge in [0.15, 0.2) is 11.7 Å². The van der Waals surface area contributed by atoms with Crippen LogP contribution in [0.3, 0.4) is 0 Å². The smallest absolute Gasteiger partial charge is 0.265 e. The van der Waals surface area contributed by atoms with Gasteiger partial charge in [-0.05, 0) is 48.9 Å². The van der Waals surface area contributed by atoms with Crippen LogP contribution in [0.2, 0.25) is 5.02 Å². The van der Waals surface area contributed by atoms with E-state index in [2.05, 4.69) is 10.3 Å². The molecule has 3 aromatic rings. The summed E-state index contributed by atoms with van der Waals surface area (Å²) in [5.74, 6) is 0.389. The van der Waals surface area contributed by atoms with Crippen molar-refractivity contribution >= 4 is 45.6 Å². The third-order valence-electron chi connectivity index (χ3n) is 4.48. The van der Waals surface area contributed by atoms with Crippen LogP contribution in [0.1, 0.15) is 23.7 Å². The highest BCUT2D eigenvalue weighted by Crippen LogP contribution is 2.37. The van der Waals surface area contributed by atoms with Crippen LogP contribution in [0.5, 0.6) is 5.75 Å². The SMILES string of the molecule is CCCN1C(=O)COc2ccc(-c3csc(NC(=O)c4ccc(Cl)cc4)n3)cc21. The van der Waals surface area contributed by atoms with Crippen LogP contribution in [0.15, 0.2) is 47.8 Å². The van der Waals surface area contributed by atoms with Crippen LogP contribution >= 0.6 is 22.9 Å². The van der Waals surface area contributed by atoms with E-state index in [-0.39, 0.29) is 18.4 Å². The number of hydrogen-bond acceptors (Lipinski definition) is 5. The Bertz CT molecular complexity index is 1070. The minimum atomic E-state index is -0.249. The standard InChI is InChI=1S/C21H18ClN3O3S/c1-2-9-25-17-10-14(5-8-18(17)28-11-19(25)26)16-12-29-21(23-16)24-20(27)13-3-6-15(22)7-4-13/h3-8,10,12H,2,9,11H2,1H3,(H,23,24,27). The number of fused-ring (bicyclic) bond motifs is 1. The second-order valence-electron chi connectivity index (χ2n) is 6.52. The number of amides is 2. The number of carbonyl (C=O) groups is 2. The van der Waals surface area contributed by atoms with E-state index < -0.39 is 0 Å². The monoisotopic (exact) mass is 427 g/mol. The molecule has 8 heteroatoms. The number of nitrogens with one attached hydrogen (secondary N) is 1. The van der Waals surface area contributed by atoms with Gasteiger partial charge in [0.25, 0.3) is 11.8 Å². The first-order valence-corrected chi connectivity index (χ1v) is 10.4. The van der Waals surface area contributed by atoms with Gasteiger partial charge in [0, 0.05) is 28.1 Å². The largest absolute Gasteiger partial charge is 0.482 e. The van der Waals surface area contributed by atoms with Crippen LogP contribution in [0.25, 0.3) is 11.3 Å². The van der Waals surface area contributed by atoms with Gasteiger partial charge in [-0.15, -0.1) is 11.3 Å². The molecule has 29 heavy (non-hydrogen) atoms. The molecule has 1 aliphatic rings. The third-order valence-corrected chi connectivity index (χ3v) is 5.49. The molecule has 0 bridgehead atoms. The Morgan fingerprint density at radius 2 is 2.07 bits per heavy atom. The normalized spacial score (nSPS) is 13.0. The van der Waals surface area contributed by atoms with E-state index in [0.29, 0.717) is 28.0 Å². The molecule has 0 radical (unpaired) electrons. The van der Waals surface area contributed by atoms with Gasteiger partial charge >= 0.3 is 0 Å². The molecule has 2 amide bonds. The Morgan fingerprint density at radius 1 is 1.28 bits per heavy atom. The van der Waals surface area contributed by atoms with E-state index in [4.69, 9.17) is 16.3 Å². The fraction of sp³-hybridized carbons (Fsp3) is 0.190. The molecule has 1 aliphatic heterocycles. The summed E-state index contributed by atoms with van der Waals surface area (Å²) in [6.07, 6.45) is 0.854. The van der Waals surface area contributed by atoms with Crippen molar-refractivity contribution in [3.05, 3.63) is 58.4 Å². The van der Waals surface area contributed by atoms with Crippen molar-refractivity contribution in [2.24, 2.45) is 0 Å². The minimum Gasteiger partial charge on any atom is -0.482 e. The number of ether oxygens (including phenoxy) is 1. The first-order valence-electron chi connectivity index (χ1n) is 9.15. The maximum absolute atomic E-state index is 12.4. The first kappa shape index (κ1) is 19.4. The molecule has 4 rings (SSSR count). The van der Waals surface area contributed by atoms with Crippen LogP contribution in [0.4, 0.5) is 10.8 Å². The lowest BCUT2D eigenvalue weighted by molar-refractivity contribution is -0.121. The van der Waals surface area contributed by atoms with Crippen molar-refractivity contribution in [1.82, 2.24) is 4.98 Å². The number of aromatic nitrogens is 1. The molecule has 0 saturated carbocycles. The number of halogens is 1. The Hall–Kier alpha value is -2.90. The van der Waals surface area contributed by atoms with Crippen molar-refractivity contribution in [3.63, 3.8) is 0 Å². The maximum Gasteiger partial charge on any atom is 0.265 e. The average Bonchev–Trinajstić information content (AvgIpc) is 3.19.